The lowest BCUT2D eigenvalue weighted by Crippen LogP contribution is -2.41. The lowest BCUT2D eigenvalue weighted by molar-refractivity contribution is -0.124. The number of nitrogens with zero attached hydrogens (tertiary/aromatic N) is 1. The van der Waals surface area contributed by atoms with E-state index in [1.807, 2.05) is 17.0 Å². The van der Waals surface area contributed by atoms with Gasteiger partial charge in [0.25, 0.3) is 0 Å². The van der Waals surface area contributed by atoms with Crippen molar-refractivity contribution >= 4 is 11.6 Å². The highest BCUT2D eigenvalue weighted by molar-refractivity contribution is 5.96. The van der Waals surface area contributed by atoms with Crippen LogP contribution in [0, 0.1) is 12.0 Å². The summed E-state index contributed by atoms with van der Waals surface area (Å²) in [6.07, 6.45) is 5.55. The van der Waals surface area contributed by atoms with Gasteiger partial charge in [-0.3, -0.25) is 4.79 Å². The number of hydrogen-bond acceptors (Lipinski definition) is 1. The van der Waals surface area contributed by atoms with Crippen LogP contribution < -0.4 is 4.90 Å². The summed E-state index contributed by atoms with van der Waals surface area (Å²) in [4.78, 5) is 14.2. The summed E-state index contributed by atoms with van der Waals surface area (Å²) in [5.74, 6) is 0.620. The molecule has 16 heavy (non-hydrogen) atoms. The predicted molar refractivity (Wildman–Crippen MR) is 63.3 cm³/mol. The summed E-state index contributed by atoms with van der Waals surface area (Å²) < 4.78 is 0. The van der Waals surface area contributed by atoms with Gasteiger partial charge in [-0.2, -0.15) is 0 Å². The van der Waals surface area contributed by atoms with Crippen LogP contribution in [0.5, 0.6) is 0 Å². The van der Waals surface area contributed by atoms with Crippen LogP contribution in [0.2, 0.25) is 0 Å². The minimum absolute atomic E-state index is 0.291. The van der Waals surface area contributed by atoms with Gasteiger partial charge in [-0.1, -0.05) is 24.6 Å². The van der Waals surface area contributed by atoms with Gasteiger partial charge in [0.05, 0.1) is 5.69 Å². The molecule has 2 heteroatoms. The van der Waals surface area contributed by atoms with E-state index in [0.717, 1.165) is 37.9 Å². The minimum atomic E-state index is 0.291. The number of amides is 1. The Hall–Kier alpha value is -1.31. The van der Waals surface area contributed by atoms with Gasteiger partial charge >= 0.3 is 0 Å². The van der Waals surface area contributed by atoms with Gasteiger partial charge in [-0.05, 0) is 31.2 Å². The van der Waals surface area contributed by atoms with Crippen LogP contribution in [0.15, 0.2) is 18.2 Å². The molecule has 2 nitrogen and oxygen atoms in total. The second kappa shape index (κ2) is 3.93. The standard InChI is InChI=1S/C14H16NO/c16-14(12-6-3-7-12)15-10-4-8-11-5-1-2-9-13(11)15/h1-2,5,12H,3-4,6-8,10H2. The summed E-state index contributed by atoms with van der Waals surface area (Å²) in [5.41, 5.74) is 2.31. The van der Waals surface area contributed by atoms with Crippen molar-refractivity contribution < 1.29 is 4.79 Å². The smallest absolute Gasteiger partial charge is 0.230 e. The maximum absolute atomic E-state index is 12.2. The van der Waals surface area contributed by atoms with Gasteiger partial charge in [-0.15, -0.1) is 0 Å². The van der Waals surface area contributed by atoms with Crippen LogP contribution in [0.3, 0.4) is 0 Å². The number of aryl methyl sites for hydroxylation is 1. The molecule has 0 unspecified atom stereocenters. The number of benzene rings is 1. The Morgan fingerprint density at radius 3 is 3.00 bits per heavy atom. The van der Waals surface area contributed by atoms with Crippen molar-refractivity contribution in [3.63, 3.8) is 0 Å². The number of carbonyl (C=O) groups excluding carboxylic acids is 1. The molecular weight excluding hydrogens is 198 g/mol. The molecule has 0 atom stereocenters. The molecule has 1 saturated carbocycles. The molecular formula is C14H16NO. The van der Waals surface area contributed by atoms with Crippen molar-refractivity contribution in [2.75, 3.05) is 11.4 Å². The molecule has 1 amide bonds. The molecule has 0 bridgehead atoms. The lowest BCUT2D eigenvalue weighted by Gasteiger charge is -2.35. The average Bonchev–Trinajstić information content (AvgIpc) is 2.26. The first-order chi connectivity index (χ1) is 7.86. The first kappa shape index (κ1) is 9.88. The second-order valence-electron chi connectivity index (χ2n) is 4.77. The Bertz CT molecular complexity index is 409. The minimum Gasteiger partial charge on any atom is -0.311 e. The van der Waals surface area contributed by atoms with E-state index in [2.05, 4.69) is 12.1 Å². The number of rotatable bonds is 1. The topological polar surface area (TPSA) is 20.3 Å². The summed E-state index contributed by atoms with van der Waals surface area (Å²) in [6.45, 7) is 0.878. The molecule has 1 aromatic carbocycles. The first-order valence-corrected chi connectivity index (χ1v) is 6.17. The molecule has 1 aromatic rings. The normalized spacial score (nSPS) is 20.1. The predicted octanol–water partition coefficient (Wildman–Crippen LogP) is 2.57. The summed E-state index contributed by atoms with van der Waals surface area (Å²) in [5, 5.41) is 0. The molecule has 0 spiro atoms. The van der Waals surface area contributed by atoms with Gasteiger partial charge in [-0.25, -0.2) is 0 Å². The largest absolute Gasteiger partial charge is 0.311 e. The van der Waals surface area contributed by atoms with Crippen molar-refractivity contribution in [3.8, 4) is 0 Å². The number of fused-ring (bicyclic) bond motifs is 1. The first-order valence-electron chi connectivity index (χ1n) is 6.17. The molecule has 1 radical (unpaired) electrons. The molecule has 2 aliphatic rings. The third-order valence-corrected chi connectivity index (χ3v) is 3.74. The zero-order valence-corrected chi connectivity index (χ0v) is 9.41. The third kappa shape index (κ3) is 1.53. The Kier molecular flexibility index (Phi) is 2.43. The van der Waals surface area contributed by atoms with E-state index in [1.54, 1.807) is 0 Å². The molecule has 83 valence electrons. The van der Waals surface area contributed by atoms with Gasteiger partial charge in [0, 0.05) is 18.5 Å². The number of anilines is 1. The highest BCUT2D eigenvalue weighted by atomic mass is 16.2. The van der Waals surface area contributed by atoms with E-state index in [4.69, 9.17) is 0 Å². The fourth-order valence-electron chi connectivity index (χ4n) is 2.55. The Morgan fingerprint density at radius 1 is 1.38 bits per heavy atom. The molecule has 1 aliphatic carbocycles. The fraction of sp³-hybridized carbons (Fsp3) is 0.500. The zero-order chi connectivity index (χ0) is 11.0. The number of carbonyl (C=O) groups is 1. The number of para-hydroxylation sites is 1. The highest BCUT2D eigenvalue weighted by Crippen LogP contribution is 2.33. The van der Waals surface area contributed by atoms with E-state index >= 15 is 0 Å². The van der Waals surface area contributed by atoms with E-state index in [1.165, 1.54) is 12.0 Å². The van der Waals surface area contributed by atoms with Crippen molar-refractivity contribution in [2.45, 2.75) is 32.1 Å². The van der Waals surface area contributed by atoms with Crippen LogP contribution >= 0.6 is 0 Å². The summed E-state index contributed by atoms with van der Waals surface area (Å²) in [6, 6.07) is 9.26. The van der Waals surface area contributed by atoms with Crippen LogP contribution in [-0.2, 0) is 11.2 Å². The molecule has 1 fully saturated rings. The molecule has 1 heterocycles. The van der Waals surface area contributed by atoms with E-state index in [0.29, 0.717) is 11.8 Å². The van der Waals surface area contributed by atoms with E-state index in [9.17, 15) is 4.79 Å². The van der Waals surface area contributed by atoms with Crippen molar-refractivity contribution in [3.05, 3.63) is 29.8 Å². The van der Waals surface area contributed by atoms with Gasteiger partial charge < -0.3 is 4.90 Å². The second-order valence-corrected chi connectivity index (χ2v) is 4.77. The molecule has 0 saturated heterocycles. The molecule has 0 aromatic heterocycles. The third-order valence-electron chi connectivity index (χ3n) is 3.74. The maximum atomic E-state index is 12.2. The van der Waals surface area contributed by atoms with Crippen molar-refractivity contribution in [2.24, 2.45) is 5.92 Å². The number of hydrogen-bond donors (Lipinski definition) is 0. The monoisotopic (exact) mass is 214 g/mol. The Labute approximate surface area is 96.3 Å². The van der Waals surface area contributed by atoms with Crippen LogP contribution in [-0.4, -0.2) is 12.5 Å². The van der Waals surface area contributed by atoms with E-state index < -0.39 is 0 Å². The van der Waals surface area contributed by atoms with Crippen LogP contribution in [0.25, 0.3) is 0 Å². The summed E-state index contributed by atoms with van der Waals surface area (Å²) in [7, 11) is 0. The SMILES string of the molecule is O=C(C1CCC1)N1CCCc2ccc[c]c21. The fourth-order valence-corrected chi connectivity index (χ4v) is 2.55. The lowest BCUT2D eigenvalue weighted by atomic mass is 9.83. The maximum Gasteiger partial charge on any atom is 0.230 e. The quantitative estimate of drug-likeness (QED) is 0.703. The summed E-state index contributed by atoms with van der Waals surface area (Å²) >= 11 is 0. The Morgan fingerprint density at radius 2 is 2.25 bits per heavy atom. The van der Waals surface area contributed by atoms with Crippen molar-refractivity contribution in [1.82, 2.24) is 0 Å². The molecule has 0 N–H and O–H groups in total. The van der Waals surface area contributed by atoms with Crippen LogP contribution in [0.1, 0.15) is 31.2 Å². The average molecular weight is 214 g/mol. The van der Waals surface area contributed by atoms with Gasteiger partial charge in [0.15, 0.2) is 0 Å². The van der Waals surface area contributed by atoms with Crippen molar-refractivity contribution in [1.29, 1.82) is 0 Å². The molecule has 1 aliphatic heterocycles. The zero-order valence-electron chi connectivity index (χ0n) is 9.41. The van der Waals surface area contributed by atoms with Crippen LogP contribution in [0.4, 0.5) is 5.69 Å². The van der Waals surface area contributed by atoms with Gasteiger partial charge in [0.1, 0.15) is 0 Å². The Balaban J connectivity index is 1.89. The highest BCUT2D eigenvalue weighted by Gasteiger charge is 2.31. The van der Waals surface area contributed by atoms with Gasteiger partial charge in [0.2, 0.25) is 5.91 Å². The molecule has 3 rings (SSSR count). The van der Waals surface area contributed by atoms with E-state index in [-0.39, 0.29) is 0 Å².